The van der Waals surface area contributed by atoms with Crippen LogP contribution in [0.2, 0.25) is 0 Å². The van der Waals surface area contributed by atoms with Crippen LogP contribution in [-0.4, -0.2) is 68.1 Å². The topological polar surface area (TPSA) is 127 Å². The number of nitrogens with one attached hydrogen (secondary N) is 2. The predicted octanol–water partition coefficient (Wildman–Crippen LogP) is 2.77. The van der Waals surface area contributed by atoms with E-state index in [-0.39, 0.29) is 34.8 Å². The molecule has 178 valence electrons. The molecule has 11 nitrogen and oxygen atoms in total. The highest BCUT2D eigenvalue weighted by Gasteiger charge is 2.32. The van der Waals surface area contributed by atoms with Crippen molar-refractivity contribution in [2.75, 3.05) is 36.9 Å². The lowest BCUT2D eigenvalue weighted by atomic mass is 10.1. The number of nitrogens with zero attached hydrogens (tertiary/aromatic N) is 6. The number of hydrogen-bond acceptors (Lipinski definition) is 9. The Hall–Kier alpha value is -3.67. The fourth-order valence-corrected chi connectivity index (χ4v) is 3.71. The zero-order valence-electron chi connectivity index (χ0n) is 21.9. The summed E-state index contributed by atoms with van der Waals surface area (Å²) in [4.78, 5) is 32.5. The minimum absolute atomic E-state index is 0.0204. The van der Waals surface area contributed by atoms with Gasteiger partial charge in [0.15, 0.2) is 5.75 Å². The van der Waals surface area contributed by atoms with Gasteiger partial charge in [-0.3, -0.25) is 9.59 Å². The lowest BCUT2D eigenvalue weighted by Crippen LogP contribution is -2.29. The quantitative estimate of drug-likeness (QED) is 0.440. The van der Waals surface area contributed by atoms with E-state index in [9.17, 15) is 9.59 Å². The zero-order chi connectivity index (χ0) is 26.7. The lowest BCUT2D eigenvalue weighted by Gasteiger charge is -2.21. The van der Waals surface area contributed by atoms with Crippen LogP contribution in [0.25, 0.3) is 11.4 Å². The number of amides is 2. The van der Waals surface area contributed by atoms with Crippen LogP contribution in [0, 0.1) is 5.92 Å². The molecule has 2 N–H and O–H groups in total. The summed E-state index contributed by atoms with van der Waals surface area (Å²) in [6, 6.07) is 6.76. The van der Waals surface area contributed by atoms with Gasteiger partial charge in [0.05, 0.1) is 37.0 Å². The number of aryl methyl sites for hydroxylation is 1. The van der Waals surface area contributed by atoms with Crippen molar-refractivity contribution in [1.82, 2.24) is 30.1 Å². The van der Waals surface area contributed by atoms with Crippen LogP contribution >= 0.6 is 11.8 Å². The first-order valence-electron chi connectivity index (χ1n) is 11.9. The Labute approximate surface area is 205 Å². The molecular formula is C22H26N8O3S. The highest BCUT2D eigenvalue weighted by atomic mass is 32.2. The largest absolute Gasteiger partial charge is 0.494 e. The van der Waals surface area contributed by atoms with E-state index in [2.05, 4.69) is 31.0 Å². The van der Waals surface area contributed by atoms with Crippen molar-refractivity contribution in [3.8, 4) is 17.1 Å². The van der Waals surface area contributed by atoms with E-state index in [0.717, 1.165) is 17.7 Å². The third-order valence-corrected chi connectivity index (χ3v) is 5.61. The molecule has 2 amide bonds. The van der Waals surface area contributed by atoms with E-state index < -0.39 is 12.9 Å². The molecule has 0 bridgehead atoms. The van der Waals surface area contributed by atoms with Gasteiger partial charge in [0, 0.05) is 23.2 Å². The summed E-state index contributed by atoms with van der Waals surface area (Å²) in [6.07, 6.45) is 4.63. The van der Waals surface area contributed by atoms with E-state index in [1.54, 1.807) is 31.5 Å². The number of ether oxygens (including phenoxy) is 1. The molecule has 3 aromatic rings. The molecule has 0 aliphatic heterocycles. The van der Waals surface area contributed by atoms with Crippen LogP contribution in [0.3, 0.4) is 0 Å². The summed E-state index contributed by atoms with van der Waals surface area (Å²) in [5, 5.41) is 18.0. The smallest absolute Gasteiger partial charge is 0.260 e. The number of pyridine rings is 1. The summed E-state index contributed by atoms with van der Waals surface area (Å²) in [5.41, 5.74) is 1.17. The molecule has 0 atom stereocenters. The normalized spacial score (nSPS) is 14.5. The number of carbonyl (C=O) groups is 2. The van der Waals surface area contributed by atoms with E-state index in [1.165, 1.54) is 35.9 Å². The van der Waals surface area contributed by atoms with Crippen molar-refractivity contribution in [2.24, 2.45) is 13.0 Å². The number of rotatable bonds is 9. The van der Waals surface area contributed by atoms with Gasteiger partial charge in [0.1, 0.15) is 11.4 Å². The molecule has 1 aliphatic rings. The van der Waals surface area contributed by atoms with Gasteiger partial charge in [-0.05, 0) is 42.5 Å². The number of thioether (sulfide) groups is 1. The number of benzene rings is 1. The van der Waals surface area contributed by atoms with E-state index in [4.69, 9.17) is 8.85 Å². The first-order chi connectivity index (χ1) is 17.6. The minimum Gasteiger partial charge on any atom is -0.494 e. The van der Waals surface area contributed by atoms with Crippen LogP contribution in [0.5, 0.6) is 5.75 Å². The van der Waals surface area contributed by atoms with E-state index >= 15 is 0 Å². The van der Waals surface area contributed by atoms with Crippen molar-refractivity contribution < 1.29 is 18.4 Å². The molecule has 2 aromatic heterocycles. The summed E-state index contributed by atoms with van der Waals surface area (Å²) < 4.78 is 29.3. The Balaban J connectivity index is 1.80. The molecule has 12 heteroatoms. The Morgan fingerprint density at radius 3 is 2.79 bits per heavy atom. The van der Waals surface area contributed by atoms with Crippen molar-refractivity contribution in [3.63, 3.8) is 0 Å². The van der Waals surface area contributed by atoms with Gasteiger partial charge >= 0.3 is 0 Å². The Bertz CT molecular complexity index is 1310. The molecule has 4 rings (SSSR count). The number of methoxy groups -OCH3 is 1. The number of hydrogen-bond donors (Lipinski definition) is 2. The summed E-state index contributed by atoms with van der Waals surface area (Å²) in [5.74, 6) is -0.614. The average molecular weight is 486 g/mol. The predicted molar refractivity (Wildman–Crippen MR) is 130 cm³/mol. The Kier molecular flexibility index (Phi) is 5.86. The van der Waals surface area contributed by atoms with Gasteiger partial charge < -0.3 is 20.3 Å². The van der Waals surface area contributed by atoms with Crippen molar-refractivity contribution in [3.05, 3.63) is 36.0 Å². The number of tetrazole rings is 1. The lowest BCUT2D eigenvalue weighted by molar-refractivity contribution is -0.117. The molecule has 0 unspecified atom stereocenters. The monoisotopic (exact) mass is 485 g/mol. The van der Waals surface area contributed by atoms with E-state index in [0.29, 0.717) is 22.8 Å². The summed E-state index contributed by atoms with van der Waals surface area (Å²) >= 11 is 1.19. The number of anilines is 3. The standard InChI is InChI=1S/C22H26N8O3S/c1-29(12-34-4)22(32)17-15(10-11-23-20(17)25-21(31)13-8-9-13)24-16-7-5-6-14(18(16)33-3)19-26-28-30(2)27-19/h5-7,10-11,13H,8-9,12H2,1-4H3,(H2,23,24,25,31)/i1D3. The van der Waals surface area contributed by atoms with Crippen LogP contribution in [0.1, 0.15) is 27.3 Å². The fraction of sp³-hybridized carbons (Fsp3) is 0.364. The minimum atomic E-state index is -2.71. The van der Waals surface area contributed by atoms with Crippen LogP contribution in [0.15, 0.2) is 30.5 Å². The van der Waals surface area contributed by atoms with Crippen LogP contribution in [-0.2, 0) is 11.8 Å². The fourth-order valence-electron chi connectivity index (χ4n) is 3.33. The van der Waals surface area contributed by atoms with Gasteiger partial charge in [-0.2, -0.15) is 4.80 Å². The van der Waals surface area contributed by atoms with Crippen molar-refractivity contribution in [1.29, 1.82) is 0 Å². The number of carbonyl (C=O) groups excluding carboxylic acids is 2. The molecule has 0 spiro atoms. The molecule has 1 saturated carbocycles. The highest BCUT2D eigenvalue weighted by Crippen LogP contribution is 2.38. The Morgan fingerprint density at radius 1 is 1.32 bits per heavy atom. The second kappa shape index (κ2) is 10.1. The average Bonchev–Trinajstić information content (AvgIpc) is 3.62. The Morgan fingerprint density at radius 2 is 2.15 bits per heavy atom. The van der Waals surface area contributed by atoms with Gasteiger partial charge in [0.25, 0.3) is 5.91 Å². The number of aromatic nitrogens is 5. The van der Waals surface area contributed by atoms with Gasteiger partial charge in [0.2, 0.25) is 11.7 Å². The third-order valence-electron chi connectivity index (χ3n) is 5.10. The van der Waals surface area contributed by atoms with Crippen molar-refractivity contribution >= 4 is 40.8 Å². The SMILES string of the molecule is [2H]C([2H])([2H])N(CSC)C(=O)c1c(Nc2cccc(-c3nnn(C)n3)c2OC)ccnc1NC(=O)C1CC1. The van der Waals surface area contributed by atoms with Crippen LogP contribution in [0.4, 0.5) is 17.2 Å². The molecule has 1 fully saturated rings. The molecular weight excluding hydrogens is 456 g/mol. The first kappa shape index (κ1) is 19.8. The van der Waals surface area contributed by atoms with Crippen molar-refractivity contribution in [2.45, 2.75) is 12.8 Å². The maximum atomic E-state index is 13.7. The maximum absolute atomic E-state index is 13.7. The van der Waals surface area contributed by atoms with Gasteiger partial charge in [-0.15, -0.1) is 22.0 Å². The zero-order valence-corrected chi connectivity index (χ0v) is 19.7. The van der Waals surface area contributed by atoms with E-state index in [1.807, 2.05) is 0 Å². The number of para-hydroxylation sites is 1. The molecule has 34 heavy (non-hydrogen) atoms. The summed E-state index contributed by atoms with van der Waals surface area (Å²) in [6.45, 7) is -2.71. The molecule has 0 saturated heterocycles. The second-order valence-electron chi connectivity index (χ2n) is 7.61. The van der Waals surface area contributed by atoms with Gasteiger partial charge in [-0.25, -0.2) is 4.98 Å². The molecule has 2 heterocycles. The molecule has 0 radical (unpaired) electrons. The third kappa shape index (κ3) is 4.96. The molecule has 1 aromatic carbocycles. The van der Waals surface area contributed by atoms with Gasteiger partial charge in [-0.1, -0.05) is 6.07 Å². The first-order valence-corrected chi connectivity index (χ1v) is 11.8. The van der Waals surface area contributed by atoms with Crippen LogP contribution < -0.4 is 15.4 Å². The molecule has 1 aliphatic carbocycles. The second-order valence-corrected chi connectivity index (χ2v) is 8.45. The summed E-state index contributed by atoms with van der Waals surface area (Å²) in [7, 11) is 3.12. The highest BCUT2D eigenvalue weighted by molar-refractivity contribution is 7.98. The maximum Gasteiger partial charge on any atom is 0.260 e.